The molecule has 3 nitrogen and oxygen atoms in total. The van der Waals surface area contributed by atoms with Crippen molar-refractivity contribution in [1.82, 2.24) is 0 Å². The Balaban J connectivity index is 4.80. The molecule has 90 valence electrons. The summed E-state index contributed by atoms with van der Waals surface area (Å²) in [6.07, 6.45) is 0. The number of rotatable bonds is 3. The summed E-state index contributed by atoms with van der Waals surface area (Å²) in [5.74, 6) is -0.313. The maximum atomic E-state index is 11.5. The third-order valence-corrected chi connectivity index (χ3v) is 7.63. The molecule has 0 aliphatic rings. The van der Waals surface area contributed by atoms with E-state index >= 15 is 0 Å². The molecule has 15 heavy (non-hydrogen) atoms. The van der Waals surface area contributed by atoms with Crippen LogP contribution >= 0.6 is 0 Å². The molecule has 0 saturated carbocycles. The lowest BCUT2D eigenvalue weighted by molar-refractivity contribution is -0.157. The van der Waals surface area contributed by atoms with E-state index in [0.717, 1.165) is 0 Å². The maximum absolute atomic E-state index is 11.5. The van der Waals surface area contributed by atoms with Gasteiger partial charge in [-0.1, -0.05) is 20.8 Å². The molecular weight excluding hydrogens is 208 g/mol. The Morgan fingerprint density at radius 2 is 1.47 bits per heavy atom. The van der Waals surface area contributed by atoms with Crippen molar-refractivity contribution in [3.05, 3.63) is 0 Å². The molecule has 0 atom stereocenters. The molecule has 0 rings (SSSR count). The smallest absolute Gasteiger partial charge is 0.336 e. The molecule has 0 spiro atoms. The number of esters is 1. The summed E-state index contributed by atoms with van der Waals surface area (Å²) in [5.41, 5.74) is -0.849. The van der Waals surface area contributed by atoms with Crippen LogP contribution in [-0.4, -0.2) is 27.0 Å². The normalized spacial score (nSPS) is 13.9. The summed E-state index contributed by atoms with van der Waals surface area (Å²) in [6, 6.07) is 0. The Bertz CT molecular complexity index is 239. The number of carbonyl (C=O) groups is 1. The molecule has 0 aliphatic heterocycles. The third-order valence-electron chi connectivity index (χ3n) is 2.99. The van der Waals surface area contributed by atoms with Crippen molar-refractivity contribution in [3.63, 3.8) is 0 Å². The van der Waals surface area contributed by atoms with Gasteiger partial charge in [0.05, 0.1) is 7.11 Å². The Kier molecular flexibility index (Phi) is 4.16. The van der Waals surface area contributed by atoms with Crippen LogP contribution in [0.5, 0.6) is 0 Å². The fourth-order valence-corrected chi connectivity index (χ4v) is 2.74. The summed E-state index contributed by atoms with van der Waals surface area (Å²) < 4.78 is 10.7. The van der Waals surface area contributed by atoms with E-state index in [1.54, 1.807) is 13.8 Å². The molecule has 0 fully saturated rings. The minimum absolute atomic E-state index is 0.0955. The molecular formula is C11H24O3Si. The van der Waals surface area contributed by atoms with E-state index in [1.165, 1.54) is 7.11 Å². The second-order valence-electron chi connectivity index (χ2n) is 5.86. The van der Waals surface area contributed by atoms with Gasteiger partial charge in [0, 0.05) is 0 Å². The average Bonchev–Trinajstić information content (AvgIpc) is 1.98. The van der Waals surface area contributed by atoms with Crippen molar-refractivity contribution in [2.75, 3.05) is 7.11 Å². The second-order valence-corrected chi connectivity index (χ2v) is 10.6. The van der Waals surface area contributed by atoms with Gasteiger partial charge in [-0.05, 0) is 32.0 Å². The van der Waals surface area contributed by atoms with Crippen LogP contribution in [0.4, 0.5) is 0 Å². The fraction of sp³-hybridized carbons (Fsp3) is 0.909. The zero-order chi connectivity index (χ0) is 12.5. The minimum atomic E-state index is -1.92. The Labute approximate surface area is 94.3 Å². The first-order valence-corrected chi connectivity index (χ1v) is 8.13. The Hall–Kier alpha value is -0.353. The number of hydrogen-bond acceptors (Lipinski definition) is 3. The molecule has 0 saturated heterocycles. The predicted molar refractivity (Wildman–Crippen MR) is 64.4 cm³/mol. The van der Waals surface area contributed by atoms with Gasteiger partial charge in [0.2, 0.25) is 0 Å². The van der Waals surface area contributed by atoms with Crippen LogP contribution in [-0.2, 0) is 14.0 Å². The molecule has 0 bridgehead atoms. The van der Waals surface area contributed by atoms with Crippen LogP contribution in [0.1, 0.15) is 34.6 Å². The highest BCUT2D eigenvalue weighted by Crippen LogP contribution is 2.39. The number of ether oxygens (including phenoxy) is 1. The predicted octanol–water partition coefficient (Wildman–Crippen LogP) is 2.96. The van der Waals surface area contributed by atoms with E-state index in [-0.39, 0.29) is 11.0 Å². The van der Waals surface area contributed by atoms with Gasteiger partial charge in [-0.2, -0.15) is 0 Å². The standard InChI is InChI=1S/C11H24O3Si/c1-10(2,3)15(7,8)14-11(4,5)9(12)13-6/h1-8H3. The van der Waals surface area contributed by atoms with Crippen LogP contribution in [0.15, 0.2) is 0 Å². The zero-order valence-corrected chi connectivity index (χ0v) is 12.2. The summed E-state index contributed by atoms with van der Waals surface area (Å²) in [7, 11) is -0.532. The first-order valence-electron chi connectivity index (χ1n) is 5.22. The monoisotopic (exact) mass is 232 g/mol. The summed E-state index contributed by atoms with van der Waals surface area (Å²) in [4.78, 5) is 11.5. The van der Waals surface area contributed by atoms with Gasteiger partial charge >= 0.3 is 5.97 Å². The van der Waals surface area contributed by atoms with Gasteiger partial charge in [-0.15, -0.1) is 0 Å². The number of carbonyl (C=O) groups excluding carboxylic acids is 1. The Morgan fingerprint density at radius 1 is 1.07 bits per heavy atom. The molecule has 0 N–H and O–H groups in total. The zero-order valence-electron chi connectivity index (χ0n) is 11.2. The number of hydrogen-bond donors (Lipinski definition) is 0. The maximum Gasteiger partial charge on any atom is 0.336 e. The third kappa shape index (κ3) is 3.61. The largest absolute Gasteiger partial charge is 0.467 e. The highest BCUT2D eigenvalue weighted by Gasteiger charge is 2.44. The average molecular weight is 232 g/mol. The van der Waals surface area contributed by atoms with Crippen LogP contribution < -0.4 is 0 Å². The van der Waals surface area contributed by atoms with Gasteiger partial charge in [0.15, 0.2) is 8.32 Å². The van der Waals surface area contributed by atoms with Gasteiger partial charge in [-0.25, -0.2) is 4.79 Å². The summed E-state index contributed by atoms with van der Waals surface area (Å²) >= 11 is 0. The van der Waals surface area contributed by atoms with Gasteiger partial charge in [0.1, 0.15) is 5.60 Å². The van der Waals surface area contributed by atoms with Crippen LogP contribution in [0.2, 0.25) is 18.1 Å². The molecule has 0 aliphatic carbocycles. The SMILES string of the molecule is COC(=O)C(C)(C)O[Si](C)(C)C(C)(C)C. The van der Waals surface area contributed by atoms with Crippen LogP contribution in [0.25, 0.3) is 0 Å². The van der Waals surface area contributed by atoms with E-state index in [0.29, 0.717) is 0 Å². The van der Waals surface area contributed by atoms with E-state index in [9.17, 15) is 4.79 Å². The van der Waals surface area contributed by atoms with Crippen molar-refractivity contribution < 1.29 is 14.0 Å². The molecule has 0 amide bonds. The molecule has 0 aromatic carbocycles. The van der Waals surface area contributed by atoms with Crippen LogP contribution in [0, 0.1) is 0 Å². The van der Waals surface area contributed by atoms with Crippen LogP contribution in [0.3, 0.4) is 0 Å². The lowest BCUT2D eigenvalue weighted by Gasteiger charge is -2.41. The topological polar surface area (TPSA) is 35.5 Å². The van der Waals surface area contributed by atoms with E-state index in [1.807, 2.05) is 0 Å². The highest BCUT2D eigenvalue weighted by atomic mass is 28.4. The number of methoxy groups -OCH3 is 1. The molecule has 0 unspecified atom stereocenters. The van der Waals surface area contributed by atoms with Crippen molar-refractivity contribution in [2.45, 2.75) is 58.4 Å². The molecule has 4 heteroatoms. The van der Waals surface area contributed by atoms with Crippen molar-refractivity contribution in [3.8, 4) is 0 Å². The summed E-state index contributed by atoms with van der Waals surface area (Å²) in [5, 5.41) is 0.0955. The van der Waals surface area contributed by atoms with Crippen molar-refractivity contribution in [2.24, 2.45) is 0 Å². The molecule has 0 radical (unpaired) electrons. The van der Waals surface area contributed by atoms with Gasteiger partial charge in [0.25, 0.3) is 0 Å². The lowest BCUT2D eigenvalue weighted by atomic mass is 10.1. The highest BCUT2D eigenvalue weighted by molar-refractivity contribution is 6.74. The van der Waals surface area contributed by atoms with E-state index in [2.05, 4.69) is 33.9 Å². The first kappa shape index (κ1) is 14.6. The summed E-state index contributed by atoms with van der Waals surface area (Å²) in [6.45, 7) is 14.2. The first-order chi connectivity index (χ1) is 6.44. The van der Waals surface area contributed by atoms with Gasteiger partial charge in [-0.3, -0.25) is 0 Å². The Morgan fingerprint density at radius 3 is 1.73 bits per heavy atom. The molecule has 0 heterocycles. The van der Waals surface area contributed by atoms with E-state index < -0.39 is 13.9 Å². The quantitative estimate of drug-likeness (QED) is 0.554. The lowest BCUT2D eigenvalue weighted by Crippen LogP contribution is -2.51. The minimum Gasteiger partial charge on any atom is -0.467 e. The van der Waals surface area contributed by atoms with Crippen molar-refractivity contribution in [1.29, 1.82) is 0 Å². The van der Waals surface area contributed by atoms with Gasteiger partial charge < -0.3 is 9.16 Å². The molecule has 0 aromatic rings. The second kappa shape index (κ2) is 4.26. The molecule has 0 aromatic heterocycles. The fourth-order valence-electron chi connectivity index (χ4n) is 1.08. The van der Waals surface area contributed by atoms with E-state index in [4.69, 9.17) is 9.16 Å². The van der Waals surface area contributed by atoms with Crippen molar-refractivity contribution >= 4 is 14.3 Å².